The van der Waals surface area contributed by atoms with Gasteiger partial charge in [-0.05, 0) is 26.2 Å². The van der Waals surface area contributed by atoms with Crippen LogP contribution in [0.25, 0.3) is 0 Å². The summed E-state index contributed by atoms with van der Waals surface area (Å²) in [5.74, 6) is 0.514. The van der Waals surface area contributed by atoms with Crippen LogP contribution >= 0.6 is 22.9 Å². The van der Waals surface area contributed by atoms with Gasteiger partial charge in [-0.25, -0.2) is 15.0 Å². The fourth-order valence-electron chi connectivity index (χ4n) is 3.77. The maximum atomic E-state index is 13.1. The molecule has 2 aromatic rings. The third-order valence-electron chi connectivity index (χ3n) is 5.25. The maximum absolute atomic E-state index is 13.1. The third kappa shape index (κ3) is 4.45. The van der Waals surface area contributed by atoms with Crippen LogP contribution in [0.3, 0.4) is 0 Å². The van der Waals surface area contributed by atoms with Crippen molar-refractivity contribution in [2.45, 2.75) is 32.7 Å². The number of anilines is 1. The molecule has 150 valence electrons. The van der Waals surface area contributed by atoms with E-state index in [0.717, 1.165) is 62.7 Å². The van der Waals surface area contributed by atoms with Crippen molar-refractivity contribution in [1.82, 2.24) is 24.8 Å². The molecule has 4 heterocycles. The number of thiazole rings is 1. The van der Waals surface area contributed by atoms with E-state index in [0.29, 0.717) is 29.8 Å². The van der Waals surface area contributed by atoms with Gasteiger partial charge in [-0.2, -0.15) is 0 Å². The van der Waals surface area contributed by atoms with Crippen LogP contribution in [0.15, 0.2) is 11.6 Å². The highest BCUT2D eigenvalue weighted by atomic mass is 35.5. The monoisotopic (exact) mass is 420 g/mol. The zero-order valence-electron chi connectivity index (χ0n) is 16.1. The molecule has 0 saturated carbocycles. The maximum Gasteiger partial charge on any atom is 0.274 e. The Hall–Kier alpha value is -1.77. The molecule has 0 N–H and O–H groups in total. The van der Waals surface area contributed by atoms with E-state index < -0.39 is 0 Å². The van der Waals surface area contributed by atoms with E-state index in [-0.39, 0.29) is 5.91 Å². The van der Waals surface area contributed by atoms with Crippen LogP contribution in [-0.4, -0.2) is 69.9 Å². The van der Waals surface area contributed by atoms with Gasteiger partial charge < -0.3 is 9.80 Å². The van der Waals surface area contributed by atoms with E-state index in [4.69, 9.17) is 11.6 Å². The molecule has 1 amide bonds. The fraction of sp³-hybridized carbons (Fsp3) is 0.579. The van der Waals surface area contributed by atoms with E-state index >= 15 is 0 Å². The zero-order chi connectivity index (χ0) is 19.5. The number of aromatic nitrogens is 3. The number of rotatable bonds is 4. The standard InChI is InChI=1S/C19H25ClN6OS/c1-14-22-15(13-28-14)12-24-5-4-8-25(10-9-24)18(27)17-16(20)11-21-19(23-17)26-6-2-3-7-26/h11,13H,2-10,12H2,1H3. The predicted octanol–water partition coefficient (Wildman–Crippen LogP) is 2.84. The molecule has 28 heavy (non-hydrogen) atoms. The molecule has 2 fully saturated rings. The van der Waals surface area contributed by atoms with E-state index in [1.165, 1.54) is 0 Å². The van der Waals surface area contributed by atoms with Crippen LogP contribution in [0.5, 0.6) is 0 Å². The average Bonchev–Trinajstić information content (AvgIpc) is 3.30. The minimum absolute atomic E-state index is 0.0980. The summed E-state index contributed by atoms with van der Waals surface area (Å²) in [6.45, 7) is 7.89. The summed E-state index contributed by atoms with van der Waals surface area (Å²) in [4.78, 5) is 32.9. The molecular weight excluding hydrogens is 396 g/mol. The Labute approximate surface area is 174 Å². The number of hydrogen-bond acceptors (Lipinski definition) is 7. The Balaban J connectivity index is 1.42. The van der Waals surface area contributed by atoms with Crippen molar-refractivity contribution >= 4 is 34.8 Å². The Morgan fingerprint density at radius 3 is 2.68 bits per heavy atom. The van der Waals surface area contributed by atoms with Gasteiger partial charge in [0.05, 0.1) is 21.9 Å². The number of carbonyl (C=O) groups is 1. The van der Waals surface area contributed by atoms with Crippen molar-refractivity contribution in [2.24, 2.45) is 0 Å². The quantitative estimate of drug-likeness (QED) is 0.757. The normalized spacial score (nSPS) is 18.5. The number of nitrogens with zero attached hydrogens (tertiary/aromatic N) is 6. The summed E-state index contributed by atoms with van der Waals surface area (Å²) in [6.07, 6.45) is 4.76. The molecule has 2 saturated heterocycles. The van der Waals surface area contributed by atoms with Crippen LogP contribution in [0.2, 0.25) is 5.02 Å². The van der Waals surface area contributed by atoms with Gasteiger partial charge >= 0.3 is 0 Å². The number of halogens is 1. The highest BCUT2D eigenvalue weighted by Gasteiger charge is 2.25. The lowest BCUT2D eigenvalue weighted by Gasteiger charge is -2.22. The minimum atomic E-state index is -0.0980. The van der Waals surface area contributed by atoms with E-state index in [1.807, 2.05) is 11.8 Å². The molecule has 2 aromatic heterocycles. The van der Waals surface area contributed by atoms with E-state index in [9.17, 15) is 4.79 Å². The first-order valence-corrected chi connectivity index (χ1v) is 11.1. The number of amides is 1. The summed E-state index contributed by atoms with van der Waals surface area (Å²) in [6, 6.07) is 0. The van der Waals surface area contributed by atoms with Crippen LogP contribution in [-0.2, 0) is 6.54 Å². The highest BCUT2D eigenvalue weighted by Crippen LogP contribution is 2.22. The first kappa shape index (κ1) is 19.5. The Bertz CT molecular complexity index is 838. The van der Waals surface area contributed by atoms with Gasteiger partial charge in [0, 0.05) is 51.2 Å². The summed E-state index contributed by atoms with van der Waals surface area (Å²) >= 11 is 7.97. The topological polar surface area (TPSA) is 65.5 Å². The molecule has 0 aromatic carbocycles. The largest absolute Gasteiger partial charge is 0.341 e. The Kier molecular flexibility index (Phi) is 6.08. The van der Waals surface area contributed by atoms with Gasteiger partial charge in [0.2, 0.25) is 5.95 Å². The van der Waals surface area contributed by atoms with Crippen LogP contribution in [0.1, 0.15) is 40.5 Å². The molecule has 2 aliphatic rings. The fourth-order valence-corrected chi connectivity index (χ4v) is 4.54. The molecule has 0 atom stereocenters. The summed E-state index contributed by atoms with van der Waals surface area (Å²) in [5.41, 5.74) is 1.43. The third-order valence-corrected chi connectivity index (χ3v) is 6.35. The molecule has 0 aliphatic carbocycles. The van der Waals surface area contributed by atoms with Crippen LogP contribution in [0.4, 0.5) is 5.95 Å². The number of carbonyl (C=O) groups excluding carboxylic acids is 1. The second-order valence-corrected chi connectivity index (χ2v) is 8.81. The second-order valence-electron chi connectivity index (χ2n) is 7.34. The van der Waals surface area contributed by atoms with Crippen LogP contribution < -0.4 is 4.90 Å². The zero-order valence-corrected chi connectivity index (χ0v) is 17.7. The van der Waals surface area contributed by atoms with E-state index in [2.05, 4.69) is 30.1 Å². The predicted molar refractivity (Wildman–Crippen MR) is 111 cm³/mol. The molecule has 2 aliphatic heterocycles. The first-order valence-electron chi connectivity index (χ1n) is 9.80. The first-order chi connectivity index (χ1) is 13.6. The highest BCUT2D eigenvalue weighted by molar-refractivity contribution is 7.09. The Morgan fingerprint density at radius 1 is 1.11 bits per heavy atom. The summed E-state index contributed by atoms with van der Waals surface area (Å²) in [5, 5.41) is 3.53. The molecule has 4 rings (SSSR count). The lowest BCUT2D eigenvalue weighted by atomic mass is 10.3. The van der Waals surface area contributed by atoms with Gasteiger partial charge in [-0.3, -0.25) is 9.69 Å². The van der Waals surface area contributed by atoms with Crippen LogP contribution in [0, 0.1) is 6.92 Å². The SMILES string of the molecule is Cc1nc(CN2CCCN(C(=O)c3nc(N4CCCC4)ncc3Cl)CC2)cs1. The molecule has 0 spiro atoms. The smallest absolute Gasteiger partial charge is 0.274 e. The van der Waals surface area contributed by atoms with Gasteiger partial charge in [-0.15, -0.1) is 11.3 Å². The molecule has 0 bridgehead atoms. The van der Waals surface area contributed by atoms with Crippen molar-refractivity contribution in [3.8, 4) is 0 Å². The Morgan fingerprint density at radius 2 is 1.93 bits per heavy atom. The lowest BCUT2D eigenvalue weighted by Crippen LogP contribution is -2.36. The van der Waals surface area contributed by atoms with Crippen molar-refractivity contribution in [3.05, 3.63) is 33.0 Å². The molecule has 7 nitrogen and oxygen atoms in total. The van der Waals surface area contributed by atoms with Gasteiger partial charge in [0.25, 0.3) is 5.91 Å². The average molecular weight is 421 g/mol. The van der Waals surface area contributed by atoms with Gasteiger partial charge in [-0.1, -0.05) is 11.6 Å². The molecule has 0 unspecified atom stereocenters. The lowest BCUT2D eigenvalue weighted by molar-refractivity contribution is 0.0755. The summed E-state index contributed by atoms with van der Waals surface area (Å²) < 4.78 is 0. The van der Waals surface area contributed by atoms with Crippen molar-refractivity contribution < 1.29 is 4.79 Å². The van der Waals surface area contributed by atoms with Crippen molar-refractivity contribution in [2.75, 3.05) is 44.2 Å². The summed E-state index contributed by atoms with van der Waals surface area (Å²) in [7, 11) is 0. The second kappa shape index (κ2) is 8.71. The number of hydrogen-bond donors (Lipinski definition) is 0. The van der Waals surface area contributed by atoms with E-state index in [1.54, 1.807) is 17.5 Å². The van der Waals surface area contributed by atoms with Crippen molar-refractivity contribution in [1.29, 1.82) is 0 Å². The minimum Gasteiger partial charge on any atom is -0.341 e. The van der Waals surface area contributed by atoms with Gasteiger partial charge in [0.15, 0.2) is 5.69 Å². The molecular formula is C19H25ClN6OS. The van der Waals surface area contributed by atoms with Crippen molar-refractivity contribution in [3.63, 3.8) is 0 Å². The molecule has 9 heteroatoms. The van der Waals surface area contributed by atoms with Gasteiger partial charge in [0.1, 0.15) is 0 Å². The molecule has 0 radical (unpaired) electrons. The number of aryl methyl sites for hydroxylation is 1.